The molecule has 1 aliphatic rings. The standard InChI is InChI=1S/C16H24N2/c1-4-15-11-18(12-16(17-15)13(2)3)10-14-8-6-5-7-9-14/h4-9,13,15-17H,1,10-12H2,2-3H3/t15-,16-/m1/s1. The summed E-state index contributed by atoms with van der Waals surface area (Å²) in [5.41, 5.74) is 1.39. The van der Waals surface area contributed by atoms with Crippen molar-refractivity contribution >= 4 is 0 Å². The number of nitrogens with zero attached hydrogens (tertiary/aromatic N) is 1. The molecule has 0 bridgehead atoms. The second kappa shape index (κ2) is 6.17. The van der Waals surface area contributed by atoms with Crippen LogP contribution in [0, 0.1) is 5.92 Å². The SMILES string of the molecule is C=C[C@@H]1CN(Cc2ccccc2)C[C@H](C(C)C)N1. The van der Waals surface area contributed by atoms with Crippen LogP contribution < -0.4 is 5.32 Å². The molecule has 1 heterocycles. The van der Waals surface area contributed by atoms with Crippen molar-refractivity contribution in [3.05, 3.63) is 48.6 Å². The fourth-order valence-corrected chi connectivity index (χ4v) is 2.53. The van der Waals surface area contributed by atoms with Crippen LogP contribution in [0.3, 0.4) is 0 Å². The molecule has 0 spiro atoms. The maximum absolute atomic E-state index is 3.93. The molecule has 98 valence electrons. The van der Waals surface area contributed by atoms with E-state index in [0.717, 1.165) is 19.6 Å². The van der Waals surface area contributed by atoms with Crippen molar-refractivity contribution in [1.82, 2.24) is 10.2 Å². The zero-order chi connectivity index (χ0) is 13.0. The van der Waals surface area contributed by atoms with E-state index in [-0.39, 0.29) is 0 Å². The summed E-state index contributed by atoms with van der Waals surface area (Å²) in [5.74, 6) is 0.658. The van der Waals surface area contributed by atoms with E-state index in [9.17, 15) is 0 Å². The fraction of sp³-hybridized carbons (Fsp3) is 0.500. The summed E-state index contributed by atoms with van der Waals surface area (Å²) in [6.45, 7) is 11.7. The largest absolute Gasteiger partial charge is 0.305 e. The molecule has 2 rings (SSSR count). The number of hydrogen-bond donors (Lipinski definition) is 1. The molecule has 1 aromatic rings. The summed E-state index contributed by atoms with van der Waals surface area (Å²) in [5, 5.41) is 3.66. The molecule has 0 amide bonds. The van der Waals surface area contributed by atoms with Crippen LogP contribution in [0.2, 0.25) is 0 Å². The van der Waals surface area contributed by atoms with Gasteiger partial charge in [-0.15, -0.1) is 6.58 Å². The molecule has 1 aliphatic heterocycles. The molecule has 2 nitrogen and oxygen atoms in total. The Kier molecular flexibility index (Phi) is 4.56. The van der Waals surface area contributed by atoms with E-state index in [1.807, 2.05) is 6.08 Å². The zero-order valence-electron chi connectivity index (χ0n) is 11.5. The quantitative estimate of drug-likeness (QED) is 0.819. The Morgan fingerprint density at radius 2 is 2.06 bits per heavy atom. The highest BCUT2D eigenvalue weighted by Gasteiger charge is 2.26. The molecule has 1 fully saturated rings. The first kappa shape index (κ1) is 13.3. The highest BCUT2D eigenvalue weighted by Crippen LogP contribution is 2.15. The second-order valence-corrected chi connectivity index (χ2v) is 5.54. The number of rotatable bonds is 4. The van der Waals surface area contributed by atoms with Crippen molar-refractivity contribution in [2.24, 2.45) is 5.92 Å². The Morgan fingerprint density at radius 3 is 2.67 bits per heavy atom. The van der Waals surface area contributed by atoms with Crippen molar-refractivity contribution in [2.75, 3.05) is 13.1 Å². The molecule has 1 N–H and O–H groups in total. The average molecular weight is 244 g/mol. The number of hydrogen-bond acceptors (Lipinski definition) is 2. The summed E-state index contributed by atoms with van der Waals surface area (Å²) >= 11 is 0. The van der Waals surface area contributed by atoms with E-state index < -0.39 is 0 Å². The van der Waals surface area contributed by atoms with Crippen LogP contribution in [0.4, 0.5) is 0 Å². The van der Waals surface area contributed by atoms with Gasteiger partial charge in [-0.1, -0.05) is 50.3 Å². The lowest BCUT2D eigenvalue weighted by molar-refractivity contribution is 0.147. The predicted molar refractivity (Wildman–Crippen MR) is 77.5 cm³/mol. The zero-order valence-corrected chi connectivity index (χ0v) is 11.5. The first-order valence-corrected chi connectivity index (χ1v) is 6.84. The van der Waals surface area contributed by atoms with Gasteiger partial charge >= 0.3 is 0 Å². The maximum atomic E-state index is 3.93. The van der Waals surface area contributed by atoms with Gasteiger partial charge in [0.2, 0.25) is 0 Å². The van der Waals surface area contributed by atoms with E-state index in [4.69, 9.17) is 0 Å². The van der Waals surface area contributed by atoms with Crippen molar-refractivity contribution in [3.8, 4) is 0 Å². The lowest BCUT2D eigenvalue weighted by Gasteiger charge is -2.39. The second-order valence-electron chi connectivity index (χ2n) is 5.54. The van der Waals surface area contributed by atoms with Gasteiger partial charge in [0.25, 0.3) is 0 Å². The monoisotopic (exact) mass is 244 g/mol. The molecule has 0 saturated carbocycles. The molecular formula is C16H24N2. The van der Waals surface area contributed by atoms with Crippen molar-refractivity contribution < 1.29 is 0 Å². The minimum atomic E-state index is 0.412. The van der Waals surface area contributed by atoms with Crippen molar-refractivity contribution in [2.45, 2.75) is 32.5 Å². The Bertz CT molecular complexity index is 372. The van der Waals surface area contributed by atoms with Gasteiger partial charge in [-0.3, -0.25) is 4.90 Å². The van der Waals surface area contributed by atoms with E-state index in [0.29, 0.717) is 18.0 Å². The predicted octanol–water partition coefficient (Wildman–Crippen LogP) is 2.67. The van der Waals surface area contributed by atoms with Crippen LogP contribution in [-0.2, 0) is 6.54 Å². The van der Waals surface area contributed by atoms with Crippen molar-refractivity contribution in [1.29, 1.82) is 0 Å². The summed E-state index contributed by atoms with van der Waals surface area (Å²) < 4.78 is 0. The molecule has 1 saturated heterocycles. The summed E-state index contributed by atoms with van der Waals surface area (Å²) in [7, 11) is 0. The molecule has 0 aliphatic carbocycles. The number of benzene rings is 1. The lowest BCUT2D eigenvalue weighted by atomic mass is 9.99. The lowest BCUT2D eigenvalue weighted by Crippen LogP contribution is -2.57. The van der Waals surface area contributed by atoms with Gasteiger partial charge in [-0.05, 0) is 11.5 Å². The molecule has 0 aromatic heterocycles. The van der Waals surface area contributed by atoms with E-state index in [1.165, 1.54) is 5.56 Å². The summed E-state index contributed by atoms with van der Waals surface area (Å²) in [6.07, 6.45) is 2.03. The smallest absolute Gasteiger partial charge is 0.0378 e. The molecule has 2 heteroatoms. The van der Waals surface area contributed by atoms with Gasteiger partial charge in [0.1, 0.15) is 0 Å². The normalized spacial score (nSPS) is 25.3. The minimum absolute atomic E-state index is 0.412. The van der Waals surface area contributed by atoms with E-state index in [2.05, 4.69) is 61.0 Å². The van der Waals surface area contributed by atoms with E-state index in [1.54, 1.807) is 0 Å². The maximum Gasteiger partial charge on any atom is 0.0378 e. The molecule has 0 unspecified atom stereocenters. The average Bonchev–Trinajstić information content (AvgIpc) is 2.39. The number of piperazine rings is 1. The molecule has 18 heavy (non-hydrogen) atoms. The van der Waals surface area contributed by atoms with Gasteiger partial charge in [0.05, 0.1) is 0 Å². The molecule has 1 aromatic carbocycles. The Labute approximate surface area is 111 Å². The minimum Gasteiger partial charge on any atom is -0.305 e. The molecule has 0 radical (unpaired) electrons. The third-order valence-electron chi connectivity index (χ3n) is 3.68. The first-order valence-electron chi connectivity index (χ1n) is 6.84. The fourth-order valence-electron chi connectivity index (χ4n) is 2.53. The first-order chi connectivity index (χ1) is 8.69. The highest BCUT2D eigenvalue weighted by atomic mass is 15.2. The summed E-state index contributed by atoms with van der Waals surface area (Å²) in [4.78, 5) is 2.53. The van der Waals surface area contributed by atoms with Crippen LogP contribution in [0.15, 0.2) is 43.0 Å². The third-order valence-corrected chi connectivity index (χ3v) is 3.68. The van der Waals surface area contributed by atoms with Gasteiger partial charge in [0, 0.05) is 31.7 Å². The van der Waals surface area contributed by atoms with Crippen LogP contribution in [0.25, 0.3) is 0 Å². The number of nitrogens with one attached hydrogen (secondary N) is 1. The Balaban J connectivity index is 2.01. The molecular weight excluding hydrogens is 220 g/mol. The van der Waals surface area contributed by atoms with Gasteiger partial charge < -0.3 is 5.32 Å². The van der Waals surface area contributed by atoms with Gasteiger partial charge in [-0.2, -0.15) is 0 Å². The Hall–Kier alpha value is -1.12. The van der Waals surface area contributed by atoms with Crippen LogP contribution >= 0.6 is 0 Å². The topological polar surface area (TPSA) is 15.3 Å². The Morgan fingerprint density at radius 1 is 1.33 bits per heavy atom. The van der Waals surface area contributed by atoms with Gasteiger partial charge in [-0.25, -0.2) is 0 Å². The molecule has 2 atom stereocenters. The third kappa shape index (κ3) is 3.44. The van der Waals surface area contributed by atoms with Crippen LogP contribution in [0.1, 0.15) is 19.4 Å². The summed E-state index contributed by atoms with van der Waals surface area (Å²) in [6, 6.07) is 11.7. The van der Waals surface area contributed by atoms with E-state index >= 15 is 0 Å². The van der Waals surface area contributed by atoms with Crippen LogP contribution in [0.5, 0.6) is 0 Å². The van der Waals surface area contributed by atoms with Crippen molar-refractivity contribution in [3.63, 3.8) is 0 Å². The van der Waals surface area contributed by atoms with Gasteiger partial charge in [0.15, 0.2) is 0 Å². The van der Waals surface area contributed by atoms with Crippen LogP contribution in [-0.4, -0.2) is 30.1 Å². The highest BCUT2D eigenvalue weighted by molar-refractivity contribution is 5.15.